The lowest BCUT2D eigenvalue weighted by molar-refractivity contribution is -0.128. The van der Waals surface area contributed by atoms with Gasteiger partial charge in [-0.1, -0.05) is 5.92 Å². The Morgan fingerprint density at radius 1 is 1.50 bits per heavy atom. The Hall–Kier alpha value is -2.41. The first-order valence-corrected chi connectivity index (χ1v) is 6.48. The normalized spacial score (nSPS) is 10.2. The number of fused-ring (bicyclic) bond motifs is 1. The van der Waals surface area contributed by atoms with Crippen LogP contribution in [0.2, 0.25) is 0 Å². The Morgan fingerprint density at radius 2 is 2.30 bits per heavy atom. The molecule has 0 unspecified atom stereocenters. The summed E-state index contributed by atoms with van der Waals surface area (Å²) in [7, 11) is 1.65. The maximum atomic E-state index is 11.5. The minimum absolute atomic E-state index is 0.000344. The van der Waals surface area contributed by atoms with E-state index in [-0.39, 0.29) is 5.91 Å². The van der Waals surface area contributed by atoms with Crippen molar-refractivity contribution in [1.82, 2.24) is 9.88 Å². The van der Waals surface area contributed by atoms with Crippen LogP contribution < -0.4 is 4.74 Å². The van der Waals surface area contributed by atoms with Gasteiger partial charge in [-0.15, -0.1) is 6.42 Å². The van der Waals surface area contributed by atoms with E-state index in [0.717, 1.165) is 28.6 Å². The first kappa shape index (κ1) is 14.0. The van der Waals surface area contributed by atoms with Gasteiger partial charge in [-0.3, -0.25) is 4.79 Å². The van der Waals surface area contributed by atoms with Crippen LogP contribution in [0.25, 0.3) is 10.9 Å². The number of ether oxygens (including phenoxy) is 1. The van der Waals surface area contributed by atoms with Gasteiger partial charge in [0.1, 0.15) is 5.75 Å². The largest absolute Gasteiger partial charge is 0.497 e. The number of terminal acetylenes is 1. The summed E-state index contributed by atoms with van der Waals surface area (Å²) >= 11 is 0. The molecule has 0 atom stereocenters. The van der Waals surface area contributed by atoms with Crippen molar-refractivity contribution in [2.45, 2.75) is 13.3 Å². The van der Waals surface area contributed by atoms with Crippen molar-refractivity contribution in [2.24, 2.45) is 0 Å². The number of methoxy groups -OCH3 is 1. The number of hydrogen-bond acceptors (Lipinski definition) is 2. The molecule has 2 aromatic rings. The molecule has 0 spiro atoms. The Labute approximate surface area is 118 Å². The van der Waals surface area contributed by atoms with E-state index < -0.39 is 0 Å². The van der Waals surface area contributed by atoms with Crippen molar-refractivity contribution in [3.63, 3.8) is 0 Å². The van der Waals surface area contributed by atoms with Gasteiger partial charge in [0, 0.05) is 30.6 Å². The lowest BCUT2D eigenvalue weighted by atomic mass is 10.1. The summed E-state index contributed by atoms with van der Waals surface area (Å²) in [6, 6.07) is 5.91. The molecule has 0 aliphatic heterocycles. The molecule has 1 aromatic carbocycles. The Morgan fingerprint density at radius 3 is 2.95 bits per heavy atom. The fraction of sp³-hybridized carbons (Fsp3) is 0.312. The van der Waals surface area contributed by atoms with Crippen LogP contribution in [0.5, 0.6) is 5.75 Å². The number of aromatic nitrogens is 1. The molecule has 0 aliphatic rings. The van der Waals surface area contributed by atoms with Gasteiger partial charge in [0.15, 0.2) is 0 Å². The zero-order valence-electron chi connectivity index (χ0n) is 11.8. The van der Waals surface area contributed by atoms with Crippen molar-refractivity contribution in [3.05, 3.63) is 30.0 Å². The third kappa shape index (κ3) is 2.94. The number of amides is 1. The molecule has 20 heavy (non-hydrogen) atoms. The van der Waals surface area contributed by atoms with Crippen LogP contribution in [-0.2, 0) is 11.2 Å². The Kier molecular flexibility index (Phi) is 4.31. The van der Waals surface area contributed by atoms with Gasteiger partial charge < -0.3 is 14.6 Å². The molecular formula is C16H18N2O2. The lowest BCUT2D eigenvalue weighted by Crippen LogP contribution is -2.31. The number of carbonyl (C=O) groups is 1. The van der Waals surface area contributed by atoms with E-state index >= 15 is 0 Å². The van der Waals surface area contributed by atoms with Crippen LogP contribution in [0.4, 0.5) is 0 Å². The highest BCUT2D eigenvalue weighted by molar-refractivity contribution is 5.84. The van der Waals surface area contributed by atoms with E-state index in [1.165, 1.54) is 6.92 Å². The molecule has 2 rings (SSSR count). The summed E-state index contributed by atoms with van der Waals surface area (Å²) in [5.41, 5.74) is 2.22. The van der Waals surface area contributed by atoms with E-state index in [1.54, 1.807) is 12.0 Å². The molecule has 0 aliphatic carbocycles. The molecule has 0 fully saturated rings. The fourth-order valence-corrected chi connectivity index (χ4v) is 2.20. The van der Waals surface area contributed by atoms with Crippen LogP contribution in [0.1, 0.15) is 12.5 Å². The van der Waals surface area contributed by atoms with E-state index in [4.69, 9.17) is 11.2 Å². The second-order valence-electron chi connectivity index (χ2n) is 4.62. The number of nitrogens with one attached hydrogen (secondary N) is 1. The summed E-state index contributed by atoms with van der Waals surface area (Å²) in [6.45, 7) is 2.50. The second-order valence-corrected chi connectivity index (χ2v) is 4.62. The van der Waals surface area contributed by atoms with Gasteiger partial charge in [-0.05, 0) is 30.2 Å². The van der Waals surface area contributed by atoms with E-state index in [1.807, 2.05) is 24.4 Å². The van der Waals surface area contributed by atoms with Gasteiger partial charge >= 0.3 is 0 Å². The van der Waals surface area contributed by atoms with Gasteiger partial charge in [0.25, 0.3) is 0 Å². The molecule has 0 radical (unpaired) electrons. The van der Waals surface area contributed by atoms with Crippen LogP contribution in [0.15, 0.2) is 24.4 Å². The highest BCUT2D eigenvalue weighted by Crippen LogP contribution is 2.24. The van der Waals surface area contributed by atoms with Crippen LogP contribution in [0, 0.1) is 12.3 Å². The first-order valence-electron chi connectivity index (χ1n) is 6.48. The predicted octanol–water partition coefficient (Wildman–Crippen LogP) is 2.20. The molecule has 4 nitrogen and oxygen atoms in total. The minimum Gasteiger partial charge on any atom is -0.497 e. The molecule has 1 heterocycles. The van der Waals surface area contributed by atoms with E-state index in [9.17, 15) is 4.79 Å². The summed E-state index contributed by atoms with van der Waals surface area (Å²) in [5, 5.41) is 1.12. The van der Waals surface area contributed by atoms with Gasteiger partial charge in [0.2, 0.25) is 5.91 Å². The number of aromatic amines is 1. The average Bonchev–Trinajstić information content (AvgIpc) is 2.85. The summed E-state index contributed by atoms with van der Waals surface area (Å²) in [5.74, 6) is 3.34. The summed E-state index contributed by atoms with van der Waals surface area (Å²) in [4.78, 5) is 16.4. The first-order chi connectivity index (χ1) is 9.65. The molecule has 1 N–H and O–H groups in total. The Balaban J connectivity index is 2.17. The lowest BCUT2D eigenvalue weighted by Gasteiger charge is -2.17. The van der Waals surface area contributed by atoms with Crippen LogP contribution >= 0.6 is 0 Å². The maximum Gasteiger partial charge on any atom is 0.220 e. The van der Waals surface area contributed by atoms with Crippen molar-refractivity contribution >= 4 is 16.8 Å². The number of benzene rings is 1. The molecular weight excluding hydrogens is 252 g/mol. The monoisotopic (exact) mass is 270 g/mol. The van der Waals surface area contributed by atoms with E-state index in [2.05, 4.69) is 10.9 Å². The van der Waals surface area contributed by atoms with Crippen LogP contribution in [-0.4, -0.2) is 36.0 Å². The number of hydrogen-bond donors (Lipinski definition) is 1. The topological polar surface area (TPSA) is 45.3 Å². The van der Waals surface area contributed by atoms with Gasteiger partial charge in [-0.2, -0.15) is 0 Å². The van der Waals surface area contributed by atoms with Crippen molar-refractivity contribution in [3.8, 4) is 18.1 Å². The van der Waals surface area contributed by atoms with Crippen LogP contribution in [0.3, 0.4) is 0 Å². The summed E-state index contributed by atoms with van der Waals surface area (Å²) in [6.07, 6.45) is 8.01. The fourth-order valence-electron chi connectivity index (χ4n) is 2.20. The molecule has 104 valence electrons. The third-order valence-corrected chi connectivity index (χ3v) is 3.35. The highest BCUT2D eigenvalue weighted by atomic mass is 16.5. The van der Waals surface area contributed by atoms with Crippen molar-refractivity contribution < 1.29 is 9.53 Å². The number of carbonyl (C=O) groups excluding carboxylic acids is 1. The zero-order valence-corrected chi connectivity index (χ0v) is 11.8. The standard InChI is InChI=1S/C16H18N2O2/c1-4-8-18(12(2)19)9-7-13-11-17-16-6-5-14(20-3)10-15(13)16/h1,5-6,10-11,17H,7-9H2,2-3H3. The molecule has 0 bridgehead atoms. The third-order valence-electron chi connectivity index (χ3n) is 3.35. The second kappa shape index (κ2) is 6.16. The average molecular weight is 270 g/mol. The van der Waals surface area contributed by atoms with Crippen molar-refractivity contribution in [1.29, 1.82) is 0 Å². The van der Waals surface area contributed by atoms with E-state index in [0.29, 0.717) is 13.1 Å². The SMILES string of the molecule is C#CCN(CCc1c[nH]c2ccc(OC)cc12)C(C)=O. The molecule has 0 saturated carbocycles. The molecule has 1 amide bonds. The quantitative estimate of drug-likeness (QED) is 0.847. The number of nitrogens with zero attached hydrogens (tertiary/aromatic N) is 1. The van der Waals surface area contributed by atoms with Gasteiger partial charge in [-0.25, -0.2) is 0 Å². The zero-order chi connectivity index (χ0) is 14.5. The highest BCUT2D eigenvalue weighted by Gasteiger charge is 2.10. The predicted molar refractivity (Wildman–Crippen MR) is 79.6 cm³/mol. The van der Waals surface area contributed by atoms with Gasteiger partial charge in [0.05, 0.1) is 13.7 Å². The number of H-pyrrole nitrogens is 1. The molecule has 4 heteroatoms. The molecule has 1 aromatic heterocycles. The summed E-state index contributed by atoms with van der Waals surface area (Å²) < 4.78 is 5.24. The molecule has 0 saturated heterocycles. The van der Waals surface area contributed by atoms with Crippen molar-refractivity contribution in [2.75, 3.05) is 20.2 Å². The number of rotatable bonds is 5. The maximum absolute atomic E-state index is 11.5. The Bertz CT molecular complexity index is 652. The smallest absolute Gasteiger partial charge is 0.220 e. The minimum atomic E-state index is 0.000344.